The number of carboxylic acid groups (broad SMARTS) is 1. The highest BCUT2D eigenvalue weighted by Gasteiger charge is 2.41. The quantitative estimate of drug-likeness (QED) is 0.722. The van der Waals surface area contributed by atoms with Crippen LogP contribution in [0.1, 0.15) is 66.2 Å². The van der Waals surface area contributed by atoms with E-state index >= 15 is 0 Å². The zero-order valence-electron chi connectivity index (χ0n) is 13.8. The zero-order chi connectivity index (χ0) is 16.0. The van der Waals surface area contributed by atoms with Crippen molar-refractivity contribution in [2.75, 3.05) is 6.54 Å². The van der Waals surface area contributed by atoms with Crippen LogP contribution in [0.3, 0.4) is 0 Å². The lowest BCUT2D eigenvalue weighted by Crippen LogP contribution is -2.59. The van der Waals surface area contributed by atoms with E-state index in [0.29, 0.717) is 12.5 Å². The van der Waals surface area contributed by atoms with Crippen molar-refractivity contribution in [1.82, 2.24) is 10.2 Å². The van der Waals surface area contributed by atoms with Gasteiger partial charge in [0.15, 0.2) is 0 Å². The van der Waals surface area contributed by atoms with Crippen LogP contribution in [-0.2, 0) is 4.79 Å². The molecule has 1 aliphatic rings. The summed E-state index contributed by atoms with van der Waals surface area (Å²) in [5.41, 5.74) is -0.524. The van der Waals surface area contributed by atoms with Crippen LogP contribution in [0.5, 0.6) is 0 Å². The van der Waals surface area contributed by atoms with Gasteiger partial charge >= 0.3 is 12.0 Å². The van der Waals surface area contributed by atoms with Crippen LogP contribution in [0.25, 0.3) is 0 Å². The van der Waals surface area contributed by atoms with Gasteiger partial charge in [-0.3, -0.25) is 4.79 Å². The molecule has 122 valence electrons. The molecule has 0 radical (unpaired) electrons. The molecule has 1 saturated carbocycles. The van der Waals surface area contributed by atoms with Gasteiger partial charge in [0.25, 0.3) is 0 Å². The lowest BCUT2D eigenvalue weighted by Gasteiger charge is -2.44. The molecule has 0 aliphatic heterocycles. The van der Waals surface area contributed by atoms with Crippen molar-refractivity contribution in [2.45, 2.75) is 77.8 Å². The van der Waals surface area contributed by atoms with Crippen molar-refractivity contribution < 1.29 is 14.7 Å². The second kappa shape index (κ2) is 7.66. The number of nitrogens with zero attached hydrogens (tertiary/aromatic N) is 1. The molecule has 0 heterocycles. The van der Waals surface area contributed by atoms with Crippen molar-refractivity contribution in [1.29, 1.82) is 0 Å². The van der Waals surface area contributed by atoms with E-state index < -0.39 is 11.5 Å². The summed E-state index contributed by atoms with van der Waals surface area (Å²) in [6.07, 6.45) is 4.39. The second-order valence-corrected chi connectivity index (χ2v) is 6.65. The maximum Gasteiger partial charge on any atom is 0.318 e. The minimum absolute atomic E-state index is 0.0250. The molecule has 2 amide bonds. The fourth-order valence-corrected chi connectivity index (χ4v) is 3.06. The Labute approximate surface area is 128 Å². The lowest BCUT2D eigenvalue weighted by molar-refractivity contribution is -0.139. The molecule has 5 nitrogen and oxygen atoms in total. The van der Waals surface area contributed by atoms with Crippen molar-refractivity contribution in [3.63, 3.8) is 0 Å². The smallest absolute Gasteiger partial charge is 0.318 e. The van der Waals surface area contributed by atoms with Gasteiger partial charge in [-0.25, -0.2) is 4.79 Å². The minimum atomic E-state index is -0.840. The molecule has 0 bridgehead atoms. The minimum Gasteiger partial charge on any atom is -0.481 e. The molecule has 1 aliphatic carbocycles. The Morgan fingerprint density at radius 3 is 2.14 bits per heavy atom. The number of aliphatic carboxylic acids is 1. The normalized spacial score (nSPS) is 16.7. The molecule has 21 heavy (non-hydrogen) atoms. The summed E-state index contributed by atoms with van der Waals surface area (Å²) in [5.74, 6) is -0.443. The Morgan fingerprint density at radius 1 is 1.24 bits per heavy atom. The molecule has 0 aromatic carbocycles. The van der Waals surface area contributed by atoms with Gasteiger partial charge in [0.05, 0.1) is 12.0 Å². The van der Waals surface area contributed by atoms with Gasteiger partial charge < -0.3 is 15.3 Å². The van der Waals surface area contributed by atoms with E-state index in [2.05, 4.69) is 33.0 Å². The molecular weight excluding hydrogens is 268 g/mol. The van der Waals surface area contributed by atoms with Crippen molar-refractivity contribution in [2.24, 2.45) is 5.92 Å². The molecule has 5 heteroatoms. The third-order valence-corrected chi connectivity index (χ3v) is 4.38. The largest absolute Gasteiger partial charge is 0.481 e. The first-order valence-electron chi connectivity index (χ1n) is 8.14. The van der Waals surface area contributed by atoms with E-state index in [0.717, 1.165) is 32.1 Å². The van der Waals surface area contributed by atoms with Crippen LogP contribution in [0.2, 0.25) is 0 Å². The molecule has 1 fully saturated rings. The summed E-state index contributed by atoms with van der Waals surface area (Å²) in [6, 6.07) is 0.118. The number of hydrogen-bond donors (Lipinski definition) is 2. The average molecular weight is 298 g/mol. The van der Waals surface area contributed by atoms with Gasteiger partial charge in [-0.1, -0.05) is 27.7 Å². The maximum atomic E-state index is 12.6. The fraction of sp³-hybridized carbons (Fsp3) is 0.875. The molecule has 1 rings (SSSR count). The average Bonchev–Trinajstić information content (AvgIpc) is 2.35. The highest BCUT2D eigenvalue weighted by Crippen LogP contribution is 2.35. The van der Waals surface area contributed by atoms with Gasteiger partial charge in [0.1, 0.15) is 0 Å². The van der Waals surface area contributed by atoms with Crippen LogP contribution >= 0.6 is 0 Å². The Morgan fingerprint density at radius 2 is 1.81 bits per heavy atom. The molecule has 0 atom stereocenters. The Balaban J connectivity index is 2.77. The van der Waals surface area contributed by atoms with E-state index in [1.807, 2.05) is 4.90 Å². The maximum absolute atomic E-state index is 12.6. The number of urea groups is 1. The third kappa shape index (κ3) is 4.90. The molecule has 0 unspecified atom stereocenters. The topological polar surface area (TPSA) is 69.6 Å². The number of carboxylic acids is 1. The monoisotopic (exact) mass is 298 g/mol. The molecule has 0 aromatic rings. The van der Waals surface area contributed by atoms with Gasteiger partial charge in [-0.05, 0) is 38.0 Å². The van der Waals surface area contributed by atoms with Crippen LogP contribution in [0.4, 0.5) is 4.79 Å². The highest BCUT2D eigenvalue weighted by molar-refractivity contribution is 5.77. The van der Waals surface area contributed by atoms with Crippen LogP contribution < -0.4 is 5.32 Å². The summed E-state index contributed by atoms with van der Waals surface area (Å²) in [5, 5.41) is 12.1. The first-order valence-corrected chi connectivity index (χ1v) is 8.14. The zero-order valence-corrected chi connectivity index (χ0v) is 13.8. The van der Waals surface area contributed by atoms with Crippen LogP contribution in [-0.4, -0.2) is 40.1 Å². The number of nitrogens with one attached hydrogen (secondary N) is 1. The fourth-order valence-electron chi connectivity index (χ4n) is 3.06. The Kier molecular flexibility index (Phi) is 6.49. The van der Waals surface area contributed by atoms with Crippen molar-refractivity contribution in [3.05, 3.63) is 0 Å². The van der Waals surface area contributed by atoms with E-state index in [4.69, 9.17) is 5.11 Å². The number of carbonyl (C=O) groups is 2. The summed E-state index contributed by atoms with van der Waals surface area (Å²) in [6.45, 7) is 9.08. The van der Waals surface area contributed by atoms with Gasteiger partial charge in [0.2, 0.25) is 0 Å². The lowest BCUT2D eigenvalue weighted by atomic mass is 9.74. The summed E-state index contributed by atoms with van der Waals surface area (Å²) >= 11 is 0. The standard InChI is InChI=1S/C16H30N2O3/c1-5-13(6-2)18(11-12(3)4)15(21)17-16(8-7-9-16)10-14(19)20/h12-13H,5-11H2,1-4H3,(H,17,21)(H,19,20). The van der Waals surface area contributed by atoms with E-state index in [1.165, 1.54) is 0 Å². The molecule has 2 N–H and O–H groups in total. The van der Waals surface area contributed by atoms with Gasteiger partial charge in [-0.2, -0.15) is 0 Å². The first kappa shape index (κ1) is 17.8. The third-order valence-electron chi connectivity index (χ3n) is 4.38. The molecule has 0 spiro atoms. The molecule has 0 aromatic heterocycles. The van der Waals surface area contributed by atoms with Gasteiger partial charge in [-0.15, -0.1) is 0 Å². The Bertz CT molecular complexity index is 361. The van der Waals surface area contributed by atoms with Crippen molar-refractivity contribution in [3.8, 4) is 0 Å². The molecule has 0 saturated heterocycles. The second-order valence-electron chi connectivity index (χ2n) is 6.65. The summed E-state index contributed by atoms with van der Waals surface area (Å²) < 4.78 is 0. The predicted molar refractivity (Wildman–Crippen MR) is 83.3 cm³/mol. The number of hydrogen-bond acceptors (Lipinski definition) is 2. The van der Waals surface area contributed by atoms with E-state index in [9.17, 15) is 9.59 Å². The number of amides is 2. The van der Waals surface area contributed by atoms with E-state index in [-0.39, 0.29) is 18.5 Å². The van der Waals surface area contributed by atoms with Gasteiger partial charge in [0, 0.05) is 12.6 Å². The molecular formula is C16H30N2O3. The number of carbonyl (C=O) groups excluding carboxylic acids is 1. The number of rotatable bonds is 8. The summed E-state index contributed by atoms with van der Waals surface area (Å²) in [4.78, 5) is 25.6. The highest BCUT2D eigenvalue weighted by atomic mass is 16.4. The van der Waals surface area contributed by atoms with E-state index in [1.54, 1.807) is 0 Å². The van der Waals surface area contributed by atoms with Crippen molar-refractivity contribution >= 4 is 12.0 Å². The first-order chi connectivity index (χ1) is 9.83. The van der Waals surface area contributed by atoms with Crippen LogP contribution in [0, 0.1) is 5.92 Å². The predicted octanol–water partition coefficient (Wildman–Crippen LogP) is 3.24. The Hall–Kier alpha value is -1.26. The SMILES string of the molecule is CCC(CC)N(CC(C)C)C(=O)NC1(CC(=O)O)CCC1. The summed E-state index contributed by atoms with van der Waals surface area (Å²) in [7, 11) is 0. The van der Waals surface area contributed by atoms with Crippen LogP contribution in [0.15, 0.2) is 0 Å².